The lowest BCUT2D eigenvalue weighted by molar-refractivity contribution is 0.960. The van der Waals surface area contributed by atoms with Gasteiger partial charge >= 0.3 is 0 Å². The van der Waals surface area contributed by atoms with Gasteiger partial charge in [-0.15, -0.1) is 0 Å². The molecule has 0 bridgehead atoms. The maximum absolute atomic E-state index is 4.49. The van der Waals surface area contributed by atoms with Crippen LogP contribution in [-0.2, 0) is 0 Å². The molecule has 138 valence electrons. The van der Waals surface area contributed by atoms with Crippen LogP contribution in [0.15, 0.2) is 82.8 Å². The van der Waals surface area contributed by atoms with Crippen molar-refractivity contribution in [2.24, 2.45) is 9.98 Å². The van der Waals surface area contributed by atoms with Gasteiger partial charge in [-0.05, 0) is 28.3 Å². The van der Waals surface area contributed by atoms with Crippen LogP contribution in [0.5, 0.6) is 0 Å². The topological polar surface area (TPSA) is 48.8 Å². The Labute approximate surface area is 165 Å². The molecule has 28 heavy (non-hydrogen) atoms. The van der Waals surface area contributed by atoms with E-state index in [0.29, 0.717) is 0 Å². The average molecular weight is 366 g/mol. The van der Waals surface area contributed by atoms with Crippen molar-refractivity contribution in [1.29, 1.82) is 0 Å². The second-order valence-corrected chi connectivity index (χ2v) is 7.05. The molecule has 0 saturated heterocycles. The van der Waals surface area contributed by atoms with E-state index in [0.717, 1.165) is 49.0 Å². The van der Waals surface area contributed by atoms with Gasteiger partial charge in [-0.25, -0.2) is 0 Å². The molecule has 4 nitrogen and oxygen atoms in total. The highest BCUT2D eigenvalue weighted by Gasteiger charge is 2.10. The molecule has 4 heteroatoms. The van der Waals surface area contributed by atoms with E-state index in [1.807, 2.05) is 0 Å². The summed E-state index contributed by atoms with van der Waals surface area (Å²) < 4.78 is 0. The van der Waals surface area contributed by atoms with Crippen LogP contribution in [0.2, 0.25) is 0 Å². The molecule has 0 atom stereocenters. The molecule has 2 aliphatic heterocycles. The first-order valence-electron chi connectivity index (χ1n) is 9.75. The van der Waals surface area contributed by atoms with Gasteiger partial charge in [-0.2, -0.15) is 0 Å². The molecule has 0 amide bonds. The highest BCUT2D eigenvalue weighted by Crippen LogP contribution is 2.27. The molecule has 2 heterocycles. The van der Waals surface area contributed by atoms with Crippen molar-refractivity contribution >= 4 is 11.7 Å². The Morgan fingerprint density at radius 2 is 0.929 bits per heavy atom. The molecule has 0 unspecified atom stereocenters. The Hall–Kier alpha value is -3.40. The van der Waals surface area contributed by atoms with Crippen molar-refractivity contribution in [2.75, 3.05) is 26.2 Å². The Bertz CT molecular complexity index is 964. The van der Waals surface area contributed by atoms with E-state index >= 15 is 0 Å². The van der Waals surface area contributed by atoms with Gasteiger partial charge in [0.2, 0.25) is 0 Å². The maximum Gasteiger partial charge on any atom is 0.128 e. The summed E-state index contributed by atoms with van der Waals surface area (Å²) >= 11 is 0. The predicted octanol–water partition coefficient (Wildman–Crippen LogP) is 3.72. The Kier molecular flexibility index (Phi) is 4.37. The molecule has 3 aromatic carbocycles. The standard InChI is InChI=1S/C24H22N4/c1-2-21(17-4-8-19(9-5-17)23-25-12-13-26-23)16-22(3-1)18-6-10-20(11-7-18)24-27-14-15-28-24/h1-11,16H,12-15H2,(H,25,26)(H,27,28). The van der Waals surface area contributed by atoms with Crippen LogP contribution in [0.3, 0.4) is 0 Å². The highest BCUT2D eigenvalue weighted by molar-refractivity contribution is 6.00. The minimum atomic E-state index is 0.862. The Morgan fingerprint density at radius 3 is 1.32 bits per heavy atom. The lowest BCUT2D eigenvalue weighted by Gasteiger charge is -2.09. The summed E-state index contributed by atoms with van der Waals surface area (Å²) in [6.45, 7) is 3.59. The minimum absolute atomic E-state index is 0.862. The van der Waals surface area contributed by atoms with Crippen molar-refractivity contribution in [3.8, 4) is 22.3 Å². The second-order valence-electron chi connectivity index (χ2n) is 7.05. The number of nitrogens with one attached hydrogen (secondary N) is 2. The largest absolute Gasteiger partial charge is 0.368 e. The first kappa shape index (κ1) is 16.8. The molecular formula is C24H22N4. The van der Waals surface area contributed by atoms with E-state index in [4.69, 9.17) is 0 Å². The molecule has 2 aliphatic rings. The summed E-state index contributed by atoms with van der Waals surface area (Å²) in [4.78, 5) is 8.98. The number of aliphatic imine (C=N–C) groups is 2. The zero-order chi connectivity index (χ0) is 18.8. The van der Waals surface area contributed by atoms with Crippen LogP contribution in [0.25, 0.3) is 22.3 Å². The van der Waals surface area contributed by atoms with E-state index in [2.05, 4.69) is 93.4 Å². The molecule has 2 N–H and O–H groups in total. The monoisotopic (exact) mass is 366 g/mol. The van der Waals surface area contributed by atoms with Gasteiger partial charge in [-0.1, -0.05) is 66.7 Å². The summed E-state index contributed by atoms with van der Waals surface area (Å²) in [7, 11) is 0. The van der Waals surface area contributed by atoms with Gasteiger partial charge in [0, 0.05) is 24.2 Å². The van der Waals surface area contributed by atoms with E-state index in [-0.39, 0.29) is 0 Å². The lowest BCUT2D eigenvalue weighted by atomic mass is 9.97. The van der Waals surface area contributed by atoms with Gasteiger partial charge in [0.05, 0.1) is 13.1 Å². The van der Waals surface area contributed by atoms with Crippen molar-refractivity contribution in [1.82, 2.24) is 10.6 Å². The predicted molar refractivity (Wildman–Crippen MR) is 116 cm³/mol. The summed E-state index contributed by atoms with van der Waals surface area (Å²) in [5.74, 6) is 2.00. The van der Waals surface area contributed by atoms with Crippen LogP contribution in [0.4, 0.5) is 0 Å². The molecule has 0 aliphatic carbocycles. The summed E-state index contributed by atoms with van der Waals surface area (Å²) in [5, 5.41) is 6.65. The van der Waals surface area contributed by atoms with Crippen LogP contribution < -0.4 is 10.6 Å². The molecule has 0 radical (unpaired) electrons. The zero-order valence-electron chi connectivity index (χ0n) is 15.7. The van der Waals surface area contributed by atoms with Crippen LogP contribution >= 0.6 is 0 Å². The summed E-state index contributed by atoms with van der Waals surface area (Å²) in [5.41, 5.74) is 7.16. The number of hydrogen-bond acceptors (Lipinski definition) is 4. The van der Waals surface area contributed by atoms with Gasteiger partial charge in [0.25, 0.3) is 0 Å². The summed E-state index contributed by atoms with van der Waals surface area (Å²) in [6.07, 6.45) is 0. The fourth-order valence-corrected chi connectivity index (χ4v) is 3.70. The van der Waals surface area contributed by atoms with Crippen molar-refractivity contribution in [2.45, 2.75) is 0 Å². The van der Waals surface area contributed by atoms with Crippen LogP contribution in [0.1, 0.15) is 11.1 Å². The van der Waals surface area contributed by atoms with Gasteiger partial charge < -0.3 is 10.6 Å². The molecule has 0 aromatic heterocycles. The minimum Gasteiger partial charge on any atom is -0.368 e. The third-order valence-electron chi connectivity index (χ3n) is 5.19. The SMILES string of the molecule is c1cc(-c2ccc(C3=NCCN3)cc2)cc(-c2ccc(C3=NCCN3)cc2)c1. The number of rotatable bonds is 4. The smallest absolute Gasteiger partial charge is 0.128 e. The van der Waals surface area contributed by atoms with E-state index in [1.54, 1.807) is 0 Å². The molecule has 0 spiro atoms. The fourth-order valence-electron chi connectivity index (χ4n) is 3.70. The Balaban J connectivity index is 1.40. The number of hydrogen-bond donors (Lipinski definition) is 2. The van der Waals surface area contributed by atoms with E-state index < -0.39 is 0 Å². The quantitative estimate of drug-likeness (QED) is 0.739. The third kappa shape index (κ3) is 3.29. The highest BCUT2D eigenvalue weighted by atomic mass is 15.1. The van der Waals surface area contributed by atoms with Gasteiger partial charge in [0.1, 0.15) is 11.7 Å². The first-order chi connectivity index (χ1) is 13.9. The molecular weight excluding hydrogens is 344 g/mol. The molecule has 3 aromatic rings. The van der Waals surface area contributed by atoms with Gasteiger partial charge in [0.15, 0.2) is 0 Å². The maximum atomic E-state index is 4.49. The normalized spacial score (nSPS) is 15.6. The average Bonchev–Trinajstić information content (AvgIpc) is 3.49. The second kappa shape index (κ2) is 7.31. The molecule has 0 saturated carbocycles. The van der Waals surface area contributed by atoms with Crippen molar-refractivity contribution in [3.63, 3.8) is 0 Å². The zero-order valence-corrected chi connectivity index (χ0v) is 15.7. The van der Waals surface area contributed by atoms with Crippen LogP contribution in [-0.4, -0.2) is 37.9 Å². The van der Waals surface area contributed by atoms with E-state index in [9.17, 15) is 0 Å². The number of nitrogens with zero attached hydrogens (tertiary/aromatic N) is 2. The lowest BCUT2D eigenvalue weighted by Crippen LogP contribution is -2.19. The fraction of sp³-hybridized carbons (Fsp3) is 0.167. The Morgan fingerprint density at radius 1 is 0.500 bits per heavy atom. The van der Waals surface area contributed by atoms with Gasteiger partial charge in [-0.3, -0.25) is 9.98 Å². The van der Waals surface area contributed by atoms with Crippen molar-refractivity contribution < 1.29 is 0 Å². The summed E-state index contributed by atoms with van der Waals surface area (Å²) in [6, 6.07) is 25.9. The molecule has 0 fully saturated rings. The molecule has 5 rings (SSSR count). The number of amidine groups is 2. The van der Waals surface area contributed by atoms with Crippen molar-refractivity contribution in [3.05, 3.63) is 83.9 Å². The first-order valence-corrected chi connectivity index (χ1v) is 9.75. The van der Waals surface area contributed by atoms with E-state index in [1.165, 1.54) is 22.3 Å². The van der Waals surface area contributed by atoms with Crippen LogP contribution in [0, 0.1) is 0 Å². The third-order valence-corrected chi connectivity index (χ3v) is 5.19. The number of benzene rings is 3.